The molecule has 0 bridgehead atoms. The van der Waals surface area contributed by atoms with Crippen LogP contribution in [-0.4, -0.2) is 26.4 Å². The van der Waals surface area contributed by atoms with Gasteiger partial charge in [0, 0.05) is 12.2 Å². The van der Waals surface area contributed by atoms with Gasteiger partial charge in [-0.1, -0.05) is 60.3 Å². The summed E-state index contributed by atoms with van der Waals surface area (Å²) in [5, 5.41) is 9.04. The van der Waals surface area contributed by atoms with Crippen molar-refractivity contribution in [3.05, 3.63) is 84.2 Å². The predicted molar refractivity (Wildman–Crippen MR) is 114 cm³/mol. The van der Waals surface area contributed by atoms with Crippen molar-refractivity contribution in [1.29, 1.82) is 0 Å². The van der Waals surface area contributed by atoms with E-state index >= 15 is 0 Å². The number of nitrogens with zero attached hydrogens (tertiary/aromatic N) is 4. The molecule has 0 aliphatic rings. The lowest BCUT2D eigenvalue weighted by Crippen LogP contribution is -2.32. The quantitative estimate of drug-likeness (QED) is 0.421. The van der Waals surface area contributed by atoms with Crippen molar-refractivity contribution in [2.45, 2.75) is 32.1 Å². The Morgan fingerprint density at radius 1 is 1.14 bits per heavy atom. The molecule has 3 rings (SSSR count). The van der Waals surface area contributed by atoms with E-state index in [9.17, 15) is 4.79 Å². The van der Waals surface area contributed by atoms with E-state index in [-0.39, 0.29) is 11.7 Å². The highest BCUT2D eigenvalue weighted by atomic mass is 32.2. The van der Waals surface area contributed by atoms with Gasteiger partial charge in [0.05, 0.1) is 12.3 Å². The van der Waals surface area contributed by atoms with Crippen LogP contribution >= 0.6 is 11.8 Å². The lowest BCUT2D eigenvalue weighted by Gasteiger charge is -2.23. The standard InChI is InChI=1S/C22H24N4OS/c1-4-13-25-18(3)23-24-22(25)28-16-21(27)26(15-19-10-6-5-7-11-19)20-12-8-9-17(2)14-20/h4-12,14H,1,13,15-16H2,2-3H3. The molecule has 0 atom stereocenters. The Kier molecular flexibility index (Phi) is 6.66. The summed E-state index contributed by atoms with van der Waals surface area (Å²) in [6, 6.07) is 18.1. The minimum absolute atomic E-state index is 0.0326. The van der Waals surface area contributed by atoms with Crippen molar-refractivity contribution in [2.75, 3.05) is 10.7 Å². The van der Waals surface area contributed by atoms with Crippen LogP contribution in [0.1, 0.15) is 17.0 Å². The summed E-state index contributed by atoms with van der Waals surface area (Å²) in [5.74, 6) is 1.13. The lowest BCUT2D eigenvalue weighted by atomic mass is 10.1. The third-order valence-electron chi connectivity index (χ3n) is 4.34. The highest BCUT2D eigenvalue weighted by Gasteiger charge is 2.18. The van der Waals surface area contributed by atoms with E-state index in [1.165, 1.54) is 11.8 Å². The van der Waals surface area contributed by atoms with Crippen molar-refractivity contribution in [3.8, 4) is 0 Å². The molecule has 0 N–H and O–H groups in total. The molecular formula is C22H24N4OS. The summed E-state index contributed by atoms with van der Waals surface area (Å²) in [6.45, 7) is 8.86. The fourth-order valence-electron chi connectivity index (χ4n) is 2.90. The first kappa shape index (κ1) is 19.9. The van der Waals surface area contributed by atoms with E-state index in [2.05, 4.69) is 16.8 Å². The van der Waals surface area contributed by atoms with Gasteiger partial charge in [0.2, 0.25) is 5.91 Å². The number of benzene rings is 2. The maximum Gasteiger partial charge on any atom is 0.237 e. The highest BCUT2D eigenvalue weighted by Crippen LogP contribution is 2.23. The fraction of sp³-hybridized carbons (Fsp3) is 0.227. The molecule has 3 aromatic rings. The SMILES string of the molecule is C=CCn1c(C)nnc1SCC(=O)N(Cc1ccccc1)c1cccc(C)c1. The van der Waals surface area contributed by atoms with Crippen molar-refractivity contribution in [2.24, 2.45) is 0 Å². The maximum absolute atomic E-state index is 13.1. The van der Waals surface area contributed by atoms with Gasteiger partial charge in [-0.3, -0.25) is 4.79 Å². The number of aryl methyl sites for hydroxylation is 2. The van der Waals surface area contributed by atoms with Crippen LogP contribution in [0, 0.1) is 13.8 Å². The third-order valence-corrected chi connectivity index (χ3v) is 5.29. The largest absolute Gasteiger partial charge is 0.307 e. The summed E-state index contributed by atoms with van der Waals surface area (Å²) in [7, 11) is 0. The number of allylic oxidation sites excluding steroid dienone is 1. The zero-order chi connectivity index (χ0) is 19.9. The summed E-state index contributed by atoms with van der Waals surface area (Å²) in [6.07, 6.45) is 1.80. The lowest BCUT2D eigenvalue weighted by molar-refractivity contribution is -0.116. The van der Waals surface area contributed by atoms with E-state index in [4.69, 9.17) is 0 Å². The van der Waals surface area contributed by atoms with Gasteiger partial charge in [0.1, 0.15) is 5.82 Å². The molecule has 0 fully saturated rings. The first-order valence-corrected chi connectivity index (χ1v) is 10.1. The molecule has 28 heavy (non-hydrogen) atoms. The molecule has 2 aromatic carbocycles. The minimum atomic E-state index is 0.0326. The zero-order valence-electron chi connectivity index (χ0n) is 16.2. The number of hydrogen-bond acceptors (Lipinski definition) is 4. The monoisotopic (exact) mass is 392 g/mol. The number of carbonyl (C=O) groups is 1. The second kappa shape index (κ2) is 9.37. The molecule has 0 spiro atoms. The molecular weight excluding hydrogens is 368 g/mol. The second-order valence-corrected chi connectivity index (χ2v) is 7.46. The first-order valence-electron chi connectivity index (χ1n) is 9.13. The smallest absolute Gasteiger partial charge is 0.237 e. The van der Waals surface area contributed by atoms with Crippen LogP contribution in [0.2, 0.25) is 0 Å². The first-order chi connectivity index (χ1) is 13.6. The molecule has 5 nitrogen and oxygen atoms in total. The van der Waals surface area contributed by atoms with Crippen LogP contribution < -0.4 is 4.90 Å². The van der Waals surface area contributed by atoms with Gasteiger partial charge in [0.15, 0.2) is 5.16 Å². The topological polar surface area (TPSA) is 51.0 Å². The van der Waals surface area contributed by atoms with Crippen molar-refractivity contribution in [3.63, 3.8) is 0 Å². The van der Waals surface area contributed by atoms with Crippen LogP contribution in [-0.2, 0) is 17.9 Å². The number of amides is 1. The van der Waals surface area contributed by atoms with Crippen molar-refractivity contribution < 1.29 is 4.79 Å². The van der Waals surface area contributed by atoms with Gasteiger partial charge >= 0.3 is 0 Å². The van der Waals surface area contributed by atoms with E-state index in [1.54, 1.807) is 6.08 Å². The second-order valence-electron chi connectivity index (χ2n) is 6.52. The highest BCUT2D eigenvalue weighted by molar-refractivity contribution is 7.99. The van der Waals surface area contributed by atoms with Gasteiger partial charge in [-0.25, -0.2) is 0 Å². The van der Waals surface area contributed by atoms with E-state index in [0.717, 1.165) is 27.8 Å². The fourth-order valence-corrected chi connectivity index (χ4v) is 3.77. The molecule has 0 unspecified atom stereocenters. The molecule has 1 amide bonds. The Balaban J connectivity index is 1.79. The molecule has 0 aliphatic heterocycles. The Morgan fingerprint density at radius 3 is 2.64 bits per heavy atom. The van der Waals surface area contributed by atoms with Gasteiger partial charge < -0.3 is 9.47 Å². The minimum Gasteiger partial charge on any atom is -0.307 e. The normalized spacial score (nSPS) is 10.6. The van der Waals surface area contributed by atoms with Crippen molar-refractivity contribution in [1.82, 2.24) is 14.8 Å². The molecule has 144 valence electrons. The van der Waals surface area contributed by atoms with Crippen LogP contribution in [0.4, 0.5) is 5.69 Å². The summed E-state index contributed by atoms with van der Waals surface area (Å²) < 4.78 is 1.96. The van der Waals surface area contributed by atoms with E-state index in [0.29, 0.717) is 13.1 Å². The summed E-state index contributed by atoms with van der Waals surface area (Å²) >= 11 is 1.40. The predicted octanol–water partition coefficient (Wildman–Crippen LogP) is 4.41. The summed E-state index contributed by atoms with van der Waals surface area (Å²) in [5.41, 5.74) is 3.11. The maximum atomic E-state index is 13.1. The molecule has 0 radical (unpaired) electrons. The van der Waals surface area contributed by atoms with Crippen LogP contribution in [0.15, 0.2) is 72.4 Å². The van der Waals surface area contributed by atoms with E-state index < -0.39 is 0 Å². The number of hydrogen-bond donors (Lipinski definition) is 0. The number of anilines is 1. The number of carbonyl (C=O) groups excluding carboxylic acids is 1. The Bertz CT molecular complexity index is 952. The molecule has 0 saturated heterocycles. The molecule has 0 aliphatic carbocycles. The molecule has 6 heteroatoms. The Morgan fingerprint density at radius 2 is 1.93 bits per heavy atom. The van der Waals surface area contributed by atoms with Crippen LogP contribution in [0.5, 0.6) is 0 Å². The van der Waals surface area contributed by atoms with Gasteiger partial charge in [-0.05, 0) is 37.1 Å². The third kappa shape index (κ3) is 4.89. The average molecular weight is 393 g/mol. The molecule has 1 aromatic heterocycles. The number of thioether (sulfide) groups is 1. The molecule has 0 saturated carbocycles. The number of aromatic nitrogens is 3. The van der Waals surface area contributed by atoms with Gasteiger partial charge in [-0.15, -0.1) is 16.8 Å². The summed E-state index contributed by atoms with van der Waals surface area (Å²) in [4.78, 5) is 15.0. The average Bonchev–Trinajstić information content (AvgIpc) is 3.05. The zero-order valence-corrected chi connectivity index (χ0v) is 17.0. The van der Waals surface area contributed by atoms with Gasteiger partial charge in [-0.2, -0.15) is 0 Å². The van der Waals surface area contributed by atoms with Crippen LogP contribution in [0.3, 0.4) is 0 Å². The number of rotatable bonds is 8. The van der Waals surface area contributed by atoms with Gasteiger partial charge in [0.25, 0.3) is 0 Å². The van der Waals surface area contributed by atoms with Crippen LogP contribution in [0.25, 0.3) is 0 Å². The van der Waals surface area contributed by atoms with Crippen molar-refractivity contribution >= 4 is 23.4 Å². The molecule has 1 heterocycles. The Hall–Kier alpha value is -2.86. The Labute approximate surface area is 170 Å². The van der Waals surface area contributed by atoms with E-state index in [1.807, 2.05) is 77.9 Å².